The van der Waals surface area contributed by atoms with Crippen LogP contribution in [-0.4, -0.2) is 75.3 Å². The number of benzene rings is 1. The highest BCUT2D eigenvalue weighted by atomic mass is 16.6. The lowest BCUT2D eigenvalue weighted by atomic mass is 10.1. The van der Waals surface area contributed by atoms with Crippen molar-refractivity contribution in [1.29, 1.82) is 0 Å². The van der Waals surface area contributed by atoms with E-state index in [0.717, 1.165) is 0 Å². The number of rotatable bonds is 5. The van der Waals surface area contributed by atoms with Crippen LogP contribution in [0.15, 0.2) is 34.4 Å². The van der Waals surface area contributed by atoms with Gasteiger partial charge in [0.1, 0.15) is 0 Å². The van der Waals surface area contributed by atoms with Crippen molar-refractivity contribution < 1.29 is 19.6 Å². The number of nitro groups is 1. The van der Waals surface area contributed by atoms with E-state index in [2.05, 4.69) is 20.8 Å². The summed E-state index contributed by atoms with van der Waals surface area (Å²) >= 11 is 0. The van der Waals surface area contributed by atoms with Crippen LogP contribution < -0.4 is 10.7 Å². The number of aliphatic hydroxyl groups excluding tert-OH is 1. The molecular formula is C17H21N7O5. The van der Waals surface area contributed by atoms with Crippen molar-refractivity contribution in [3.63, 3.8) is 0 Å². The number of urea groups is 1. The van der Waals surface area contributed by atoms with E-state index in [4.69, 9.17) is 0 Å². The second-order valence-electron chi connectivity index (χ2n) is 6.83. The Hall–Kier alpha value is -3.54. The monoisotopic (exact) mass is 403 g/mol. The van der Waals surface area contributed by atoms with Crippen LogP contribution in [-0.2, 0) is 4.79 Å². The van der Waals surface area contributed by atoms with Crippen LogP contribution in [0.3, 0.4) is 0 Å². The summed E-state index contributed by atoms with van der Waals surface area (Å²) in [6.07, 6.45) is -1.50. The zero-order valence-electron chi connectivity index (χ0n) is 16.1. The SMILES string of the molecule is C/C(=N\NC1=NC2C(C(=O)NC(=O)N2C)N1CC(C)O)c1ccc([N+](=O)[O-])cc1. The highest BCUT2D eigenvalue weighted by Crippen LogP contribution is 2.23. The maximum atomic E-state index is 12.3. The number of hydrogen-bond donors (Lipinski definition) is 3. The number of β-amino-alcohol motifs (C(OH)–C–C–N with tert-alkyl or cyclic N) is 1. The van der Waals surface area contributed by atoms with Crippen LogP contribution >= 0.6 is 0 Å². The third-order valence-corrected chi connectivity index (χ3v) is 4.64. The number of nitrogens with one attached hydrogen (secondary N) is 2. The molecule has 1 aromatic rings. The van der Waals surface area contributed by atoms with Crippen molar-refractivity contribution in [1.82, 2.24) is 20.5 Å². The van der Waals surface area contributed by atoms with Gasteiger partial charge in [-0.3, -0.25) is 20.2 Å². The summed E-state index contributed by atoms with van der Waals surface area (Å²) in [4.78, 5) is 41.8. The standard InChI is InChI=1S/C17H21N7O5/c1-9(25)8-23-13-14(22(3)17(27)19-15(13)26)18-16(23)21-20-10(2)11-4-6-12(7-5-11)24(28)29/h4-7,9,13-14,25H,8H2,1-3H3,(H,18,21)(H,19,26,27)/b20-10+. The van der Waals surface area contributed by atoms with Crippen molar-refractivity contribution >= 4 is 29.3 Å². The number of carbonyl (C=O) groups is 2. The number of fused-ring (bicyclic) bond motifs is 1. The molecule has 0 bridgehead atoms. The summed E-state index contributed by atoms with van der Waals surface area (Å²) in [5, 5.41) is 27.1. The summed E-state index contributed by atoms with van der Waals surface area (Å²) in [5.41, 5.74) is 3.95. The first-order valence-corrected chi connectivity index (χ1v) is 8.84. The summed E-state index contributed by atoms with van der Waals surface area (Å²) < 4.78 is 0. The predicted octanol–water partition coefficient (Wildman–Crippen LogP) is -0.163. The fourth-order valence-corrected chi connectivity index (χ4v) is 3.13. The Labute approximate surface area is 166 Å². The van der Waals surface area contributed by atoms with Crippen LogP contribution in [0.1, 0.15) is 19.4 Å². The molecule has 2 heterocycles. The Bertz CT molecular complexity index is 896. The number of guanidine groups is 1. The van der Waals surface area contributed by atoms with Gasteiger partial charge in [-0.1, -0.05) is 0 Å². The Morgan fingerprint density at radius 1 is 1.41 bits per heavy atom. The zero-order chi connectivity index (χ0) is 21.3. The molecule has 1 aromatic carbocycles. The molecule has 12 nitrogen and oxygen atoms in total. The van der Waals surface area contributed by atoms with Gasteiger partial charge < -0.3 is 14.9 Å². The van der Waals surface area contributed by atoms with Gasteiger partial charge in [0.15, 0.2) is 12.2 Å². The Balaban J connectivity index is 1.83. The molecule has 3 N–H and O–H groups in total. The second kappa shape index (κ2) is 7.83. The van der Waals surface area contributed by atoms with Gasteiger partial charge in [-0.05, 0) is 31.5 Å². The van der Waals surface area contributed by atoms with Crippen molar-refractivity contribution in [2.45, 2.75) is 32.2 Å². The molecular weight excluding hydrogens is 382 g/mol. The fourth-order valence-electron chi connectivity index (χ4n) is 3.13. The maximum absolute atomic E-state index is 12.3. The third-order valence-electron chi connectivity index (χ3n) is 4.64. The highest BCUT2D eigenvalue weighted by molar-refractivity contribution is 6.04. The fraction of sp³-hybridized carbons (Fsp3) is 0.412. The lowest BCUT2D eigenvalue weighted by Gasteiger charge is -2.36. The molecule has 2 aliphatic heterocycles. The van der Waals surface area contributed by atoms with E-state index in [9.17, 15) is 24.8 Å². The number of nitrogens with zero attached hydrogens (tertiary/aromatic N) is 5. The smallest absolute Gasteiger partial charge is 0.325 e. The number of aliphatic hydroxyl groups is 1. The van der Waals surface area contributed by atoms with Crippen molar-refractivity contribution in [2.75, 3.05) is 13.6 Å². The number of hydrazone groups is 1. The molecule has 0 aromatic heterocycles. The summed E-state index contributed by atoms with van der Waals surface area (Å²) in [5.74, 6) is -0.269. The van der Waals surface area contributed by atoms with Crippen LogP contribution in [0, 0.1) is 10.1 Å². The van der Waals surface area contributed by atoms with Gasteiger partial charge >= 0.3 is 6.03 Å². The molecule has 0 saturated carbocycles. The number of nitro benzene ring substituents is 1. The van der Waals surface area contributed by atoms with Crippen LogP contribution in [0.4, 0.5) is 10.5 Å². The van der Waals surface area contributed by atoms with E-state index >= 15 is 0 Å². The molecule has 12 heteroatoms. The normalized spacial score (nSPS) is 22.8. The Morgan fingerprint density at radius 3 is 2.66 bits per heavy atom. The lowest BCUT2D eigenvalue weighted by Crippen LogP contribution is -2.64. The third kappa shape index (κ3) is 4.01. The number of amides is 3. The first-order valence-electron chi connectivity index (χ1n) is 8.84. The van der Waals surface area contributed by atoms with E-state index in [1.165, 1.54) is 24.1 Å². The van der Waals surface area contributed by atoms with Gasteiger partial charge in [-0.25, -0.2) is 15.2 Å². The Morgan fingerprint density at radius 2 is 2.07 bits per heavy atom. The van der Waals surface area contributed by atoms with E-state index in [0.29, 0.717) is 11.3 Å². The molecule has 3 rings (SSSR count). The minimum absolute atomic E-state index is 0.0272. The highest BCUT2D eigenvalue weighted by Gasteiger charge is 2.48. The number of non-ortho nitro benzene ring substituents is 1. The number of aliphatic imine (C=N–C) groups is 1. The van der Waals surface area contributed by atoms with E-state index < -0.39 is 35.2 Å². The van der Waals surface area contributed by atoms with Gasteiger partial charge in [0.2, 0.25) is 5.96 Å². The zero-order valence-corrected chi connectivity index (χ0v) is 16.1. The van der Waals surface area contributed by atoms with Crippen molar-refractivity contribution in [3.8, 4) is 0 Å². The van der Waals surface area contributed by atoms with Gasteiger partial charge in [-0.2, -0.15) is 5.10 Å². The molecule has 0 aliphatic carbocycles. The number of hydrogen-bond acceptors (Lipinski definition) is 9. The molecule has 29 heavy (non-hydrogen) atoms. The molecule has 3 amide bonds. The molecule has 154 valence electrons. The molecule has 0 radical (unpaired) electrons. The van der Waals surface area contributed by atoms with Crippen molar-refractivity contribution in [2.24, 2.45) is 10.1 Å². The minimum atomic E-state index is -0.787. The molecule has 1 saturated heterocycles. The minimum Gasteiger partial charge on any atom is -0.392 e. The quantitative estimate of drug-likeness (QED) is 0.351. The van der Waals surface area contributed by atoms with Gasteiger partial charge in [0.25, 0.3) is 11.6 Å². The van der Waals surface area contributed by atoms with Crippen LogP contribution in [0.5, 0.6) is 0 Å². The van der Waals surface area contributed by atoms with E-state index in [1.807, 2.05) is 0 Å². The second-order valence-corrected chi connectivity index (χ2v) is 6.83. The summed E-state index contributed by atoms with van der Waals surface area (Å²) in [6, 6.07) is 4.56. The molecule has 1 fully saturated rings. The van der Waals surface area contributed by atoms with Crippen LogP contribution in [0.2, 0.25) is 0 Å². The van der Waals surface area contributed by atoms with Gasteiger partial charge in [-0.15, -0.1) is 0 Å². The molecule has 0 spiro atoms. The number of carbonyl (C=O) groups excluding carboxylic acids is 2. The molecule has 3 atom stereocenters. The topological polar surface area (TPSA) is 153 Å². The van der Waals surface area contributed by atoms with Gasteiger partial charge in [0.05, 0.1) is 16.7 Å². The van der Waals surface area contributed by atoms with Crippen LogP contribution in [0.25, 0.3) is 0 Å². The maximum Gasteiger partial charge on any atom is 0.325 e. The van der Waals surface area contributed by atoms with Crippen molar-refractivity contribution in [3.05, 3.63) is 39.9 Å². The average Bonchev–Trinajstić information content (AvgIpc) is 3.02. The molecule has 3 unspecified atom stereocenters. The largest absolute Gasteiger partial charge is 0.392 e. The Kier molecular flexibility index (Phi) is 5.46. The first-order chi connectivity index (χ1) is 13.7. The summed E-state index contributed by atoms with van der Waals surface area (Å²) in [7, 11) is 1.53. The number of imide groups is 1. The van der Waals surface area contributed by atoms with Gasteiger partial charge in [0, 0.05) is 25.7 Å². The van der Waals surface area contributed by atoms with E-state index in [1.54, 1.807) is 30.9 Å². The average molecular weight is 403 g/mol. The number of likely N-dealkylation sites (N-methyl/N-ethyl adjacent to an activating group) is 1. The lowest BCUT2D eigenvalue weighted by molar-refractivity contribution is -0.384. The summed E-state index contributed by atoms with van der Waals surface area (Å²) in [6.45, 7) is 3.39. The predicted molar refractivity (Wildman–Crippen MR) is 103 cm³/mol. The first kappa shape index (κ1) is 20.2. The van der Waals surface area contributed by atoms with E-state index in [-0.39, 0.29) is 18.2 Å². The molecule has 2 aliphatic rings.